The van der Waals surface area contributed by atoms with Gasteiger partial charge in [0.25, 0.3) is 0 Å². The van der Waals surface area contributed by atoms with Crippen LogP contribution in [0, 0.1) is 13.8 Å². The van der Waals surface area contributed by atoms with Crippen molar-refractivity contribution in [3.8, 4) is 11.4 Å². The highest BCUT2D eigenvalue weighted by atomic mass is 16.5. The quantitative estimate of drug-likeness (QED) is 0.914. The van der Waals surface area contributed by atoms with Crippen LogP contribution in [0.15, 0.2) is 30.3 Å². The topological polar surface area (TPSA) is 67.4 Å². The van der Waals surface area contributed by atoms with Gasteiger partial charge in [0.1, 0.15) is 5.82 Å². The smallest absolute Gasteiger partial charge is 0.242 e. The highest BCUT2D eigenvalue weighted by molar-refractivity contribution is 5.81. The van der Waals surface area contributed by atoms with E-state index in [0.717, 1.165) is 16.8 Å². The van der Waals surface area contributed by atoms with Crippen LogP contribution >= 0.6 is 0 Å². The van der Waals surface area contributed by atoms with E-state index in [1.807, 2.05) is 62.9 Å². The lowest BCUT2D eigenvalue weighted by molar-refractivity contribution is -0.141. The molecule has 3 rings (SSSR count). The highest BCUT2D eigenvalue weighted by Gasteiger charge is 2.25. The predicted octanol–water partition coefficient (Wildman–Crippen LogP) is 2.81. The molecule has 1 N–H and O–H groups in total. The van der Waals surface area contributed by atoms with Gasteiger partial charge in [-0.05, 0) is 27.7 Å². The molecule has 2 heterocycles. The molecule has 6 heteroatoms. The summed E-state index contributed by atoms with van der Waals surface area (Å²) in [5.74, 6) is 1.43. The lowest BCUT2D eigenvalue weighted by atomic mass is 10.2. The number of nitrogens with zero attached hydrogens (tertiary/aromatic N) is 3. The van der Waals surface area contributed by atoms with Gasteiger partial charge in [-0.1, -0.05) is 30.3 Å². The highest BCUT2D eigenvalue weighted by Crippen LogP contribution is 2.21. The molecule has 138 valence electrons. The molecule has 2 atom stereocenters. The van der Waals surface area contributed by atoms with Crippen molar-refractivity contribution in [2.75, 3.05) is 25.0 Å². The third kappa shape index (κ3) is 4.19. The number of hydrogen-bond acceptors (Lipinski definition) is 5. The first-order chi connectivity index (χ1) is 12.4. The normalized spacial score (nSPS) is 20.1. The van der Waals surface area contributed by atoms with E-state index in [-0.39, 0.29) is 24.7 Å². The predicted molar refractivity (Wildman–Crippen MR) is 102 cm³/mol. The summed E-state index contributed by atoms with van der Waals surface area (Å²) < 4.78 is 5.69. The molecule has 6 nitrogen and oxygen atoms in total. The minimum absolute atomic E-state index is 0.0592. The molecule has 0 saturated carbocycles. The molecule has 0 bridgehead atoms. The number of hydrogen-bond donors (Lipinski definition) is 1. The van der Waals surface area contributed by atoms with E-state index in [0.29, 0.717) is 24.7 Å². The molecule has 1 aliphatic heterocycles. The molecule has 1 aromatic carbocycles. The average Bonchev–Trinajstić information content (AvgIpc) is 2.62. The van der Waals surface area contributed by atoms with Crippen molar-refractivity contribution >= 4 is 11.7 Å². The van der Waals surface area contributed by atoms with E-state index in [4.69, 9.17) is 4.74 Å². The number of anilines is 1. The zero-order valence-corrected chi connectivity index (χ0v) is 15.8. The monoisotopic (exact) mass is 354 g/mol. The summed E-state index contributed by atoms with van der Waals surface area (Å²) in [6.45, 7) is 9.38. The molecule has 1 aliphatic rings. The molecule has 0 unspecified atom stereocenters. The van der Waals surface area contributed by atoms with Crippen molar-refractivity contribution < 1.29 is 9.53 Å². The van der Waals surface area contributed by atoms with E-state index in [9.17, 15) is 4.79 Å². The third-order valence-electron chi connectivity index (χ3n) is 4.60. The average molecular weight is 354 g/mol. The van der Waals surface area contributed by atoms with E-state index in [2.05, 4.69) is 15.3 Å². The van der Waals surface area contributed by atoms with Crippen LogP contribution in [-0.2, 0) is 9.53 Å². The van der Waals surface area contributed by atoms with Crippen LogP contribution in [0.3, 0.4) is 0 Å². The number of amides is 1. The SMILES string of the molecule is Cc1nc(-c2ccccc2)nc(NCC(=O)N2C[C@H](C)O[C@@H](C)C2)c1C. The van der Waals surface area contributed by atoms with E-state index < -0.39 is 0 Å². The van der Waals surface area contributed by atoms with E-state index in [1.54, 1.807) is 0 Å². The molecular weight excluding hydrogens is 328 g/mol. The molecule has 1 fully saturated rings. The number of carbonyl (C=O) groups excluding carboxylic acids is 1. The van der Waals surface area contributed by atoms with Crippen molar-refractivity contribution in [1.29, 1.82) is 0 Å². The first kappa shape index (κ1) is 18.3. The van der Waals surface area contributed by atoms with Crippen LogP contribution in [0.25, 0.3) is 11.4 Å². The third-order valence-corrected chi connectivity index (χ3v) is 4.60. The molecule has 1 amide bonds. The Labute approximate surface area is 154 Å². The second-order valence-corrected chi connectivity index (χ2v) is 6.88. The molecule has 1 aromatic heterocycles. The van der Waals surface area contributed by atoms with Crippen LogP contribution < -0.4 is 5.32 Å². The second-order valence-electron chi connectivity index (χ2n) is 6.88. The minimum atomic E-state index is 0.0592. The van der Waals surface area contributed by atoms with E-state index >= 15 is 0 Å². The van der Waals surface area contributed by atoms with Crippen molar-refractivity contribution in [2.24, 2.45) is 0 Å². The zero-order chi connectivity index (χ0) is 18.7. The molecule has 26 heavy (non-hydrogen) atoms. The number of ether oxygens (including phenoxy) is 1. The lowest BCUT2D eigenvalue weighted by Crippen LogP contribution is -2.49. The van der Waals surface area contributed by atoms with Crippen molar-refractivity contribution in [1.82, 2.24) is 14.9 Å². The van der Waals surface area contributed by atoms with Gasteiger partial charge in [0.15, 0.2) is 5.82 Å². The number of aryl methyl sites for hydroxylation is 1. The number of nitrogens with one attached hydrogen (secondary N) is 1. The van der Waals surface area contributed by atoms with Crippen LogP contribution in [0.2, 0.25) is 0 Å². The first-order valence-corrected chi connectivity index (χ1v) is 9.02. The summed E-state index contributed by atoms with van der Waals surface area (Å²) in [5, 5.41) is 3.21. The summed E-state index contributed by atoms with van der Waals surface area (Å²) in [7, 11) is 0. The Morgan fingerprint density at radius 3 is 2.46 bits per heavy atom. The van der Waals surface area contributed by atoms with Crippen molar-refractivity contribution in [3.63, 3.8) is 0 Å². The van der Waals surface area contributed by atoms with Crippen molar-refractivity contribution in [2.45, 2.75) is 39.9 Å². The van der Waals surface area contributed by atoms with Gasteiger partial charge >= 0.3 is 0 Å². The Morgan fingerprint density at radius 1 is 1.15 bits per heavy atom. The fourth-order valence-corrected chi connectivity index (χ4v) is 3.17. The van der Waals surface area contributed by atoms with E-state index in [1.165, 1.54) is 0 Å². The fraction of sp³-hybridized carbons (Fsp3) is 0.450. The van der Waals surface area contributed by atoms with Gasteiger partial charge in [0.05, 0.1) is 18.8 Å². The number of morpholine rings is 1. The Hall–Kier alpha value is -2.47. The Kier molecular flexibility index (Phi) is 5.52. The van der Waals surface area contributed by atoms with Gasteiger partial charge in [-0.25, -0.2) is 9.97 Å². The van der Waals surface area contributed by atoms with Crippen LogP contribution in [0.1, 0.15) is 25.1 Å². The Morgan fingerprint density at radius 2 is 1.81 bits per heavy atom. The molecule has 2 aromatic rings. The van der Waals surface area contributed by atoms with Gasteiger partial charge in [-0.3, -0.25) is 4.79 Å². The molecule has 1 saturated heterocycles. The van der Waals surface area contributed by atoms with Gasteiger partial charge in [0.2, 0.25) is 5.91 Å². The van der Waals surface area contributed by atoms with Crippen LogP contribution in [-0.4, -0.2) is 52.6 Å². The molecule has 0 radical (unpaired) electrons. The van der Waals surface area contributed by atoms with Gasteiger partial charge < -0.3 is 15.0 Å². The van der Waals surface area contributed by atoms with Crippen molar-refractivity contribution in [3.05, 3.63) is 41.6 Å². The van der Waals surface area contributed by atoms with Crippen LogP contribution in [0.4, 0.5) is 5.82 Å². The standard InChI is InChI=1S/C20H26N4O2/c1-13-11-24(12-14(2)26-13)18(25)10-21-19-15(3)16(4)22-20(23-19)17-8-6-5-7-9-17/h5-9,13-14H,10-12H2,1-4H3,(H,21,22,23)/t13-,14-/m0/s1. The van der Waals surface area contributed by atoms with Gasteiger partial charge in [0, 0.05) is 29.9 Å². The Bertz CT molecular complexity index is 769. The fourth-order valence-electron chi connectivity index (χ4n) is 3.17. The summed E-state index contributed by atoms with van der Waals surface area (Å²) >= 11 is 0. The molecule has 0 spiro atoms. The zero-order valence-electron chi connectivity index (χ0n) is 15.8. The minimum Gasteiger partial charge on any atom is -0.372 e. The Balaban J connectivity index is 1.73. The van der Waals surface area contributed by atoms with Gasteiger partial charge in [-0.2, -0.15) is 0 Å². The maximum atomic E-state index is 12.6. The van der Waals surface area contributed by atoms with Gasteiger partial charge in [-0.15, -0.1) is 0 Å². The number of carbonyl (C=O) groups is 1. The summed E-state index contributed by atoms with van der Waals surface area (Å²) in [6, 6.07) is 9.86. The molecular formula is C20H26N4O2. The van der Waals surface area contributed by atoms with Crippen LogP contribution in [0.5, 0.6) is 0 Å². The first-order valence-electron chi connectivity index (χ1n) is 9.02. The summed E-state index contributed by atoms with van der Waals surface area (Å²) in [6.07, 6.45) is 0.130. The summed E-state index contributed by atoms with van der Waals surface area (Å²) in [5.41, 5.74) is 2.82. The second kappa shape index (κ2) is 7.83. The number of rotatable bonds is 4. The summed E-state index contributed by atoms with van der Waals surface area (Å²) in [4.78, 5) is 23.6. The maximum absolute atomic E-state index is 12.6. The lowest BCUT2D eigenvalue weighted by Gasteiger charge is -2.35. The maximum Gasteiger partial charge on any atom is 0.242 e. The molecule has 0 aliphatic carbocycles. The largest absolute Gasteiger partial charge is 0.372 e. The number of benzene rings is 1. The number of aromatic nitrogens is 2.